The van der Waals surface area contributed by atoms with E-state index >= 15 is 0 Å². The van der Waals surface area contributed by atoms with Crippen LogP contribution in [0.5, 0.6) is 5.75 Å². The maximum atomic E-state index is 13.1. The molecular weight excluding hydrogens is 351 g/mol. The first-order chi connectivity index (χ1) is 11.6. The molecule has 1 N–H and O–H groups in total. The molecule has 4 nitrogen and oxygen atoms in total. The number of nitrogens with zero attached hydrogens (tertiary/aromatic N) is 1. The van der Waals surface area contributed by atoms with Crippen LogP contribution in [-0.2, 0) is 6.61 Å². The Kier molecular flexibility index (Phi) is 5.08. The van der Waals surface area contributed by atoms with E-state index in [1.165, 1.54) is 29.5 Å². The molecule has 0 spiro atoms. The van der Waals surface area contributed by atoms with Crippen LogP contribution >= 0.6 is 22.9 Å². The molecule has 0 radical (unpaired) electrons. The molecule has 1 amide bonds. The lowest BCUT2D eigenvalue weighted by Gasteiger charge is -2.08. The number of carbonyl (C=O) groups excluding carboxylic acids is 1. The Labute approximate surface area is 146 Å². The highest BCUT2D eigenvalue weighted by atomic mass is 35.5. The first kappa shape index (κ1) is 16.4. The number of thiazole rings is 1. The Morgan fingerprint density at radius 3 is 2.71 bits per heavy atom. The number of amides is 1. The number of benzene rings is 2. The van der Waals surface area contributed by atoms with Gasteiger partial charge in [-0.1, -0.05) is 11.6 Å². The molecule has 0 fully saturated rings. The molecule has 122 valence electrons. The van der Waals surface area contributed by atoms with Gasteiger partial charge in [-0.2, -0.15) is 0 Å². The van der Waals surface area contributed by atoms with Gasteiger partial charge in [-0.05, 0) is 42.5 Å². The quantitative estimate of drug-likeness (QED) is 0.711. The second-order valence-corrected chi connectivity index (χ2v) is 6.00. The highest BCUT2D eigenvalue weighted by molar-refractivity contribution is 7.07. The summed E-state index contributed by atoms with van der Waals surface area (Å²) in [7, 11) is 0. The number of carbonyl (C=O) groups is 1. The minimum absolute atomic E-state index is 0.0430. The Bertz CT molecular complexity index is 838. The fraction of sp³-hybridized carbons (Fsp3) is 0.0588. The zero-order valence-corrected chi connectivity index (χ0v) is 13.9. The first-order valence-corrected chi connectivity index (χ1v) is 8.30. The summed E-state index contributed by atoms with van der Waals surface area (Å²) in [6.45, 7) is 0.378. The Balaban J connectivity index is 1.61. The fourth-order valence-electron chi connectivity index (χ4n) is 1.95. The predicted octanol–water partition coefficient (Wildman–Crippen LogP) is 4.77. The van der Waals surface area contributed by atoms with Crippen molar-refractivity contribution in [1.82, 2.24) is 4.98 Å². The molecule has 0 aliphatic carbocycles. The van der Waals surface area contributed by atoms with Crippen molar-refractivity contribution in [2.24, 2.45) is 0 Å². The van der Waals surface area contributed by atoms with Crippen LogP contribution in [0.1, 0.15) is 16.1 Å². The number of ether oxygens (including phenoxy) is 1. The molecule has 0 aliphatic rings. The van der Waals surface area contributed by atoms with Crippen molar-refractivity contribution in [3.63, 3.8) is 0 Å². The topological polar surface area (TPSA) is 51.2 Å². The van der Waals surface area contributed by atoms with E-state index in [0.717, 1.165) is 5.69 Å². The largest absolute Gasteiger partial charge is 0.487 e. The third-order valence-electron chi connectivity index (χ3n) is 3.16. The van der Waals surface area contributed by atoms with Crippen molar-refractivity contribution in [3.8, 4) is 5.75 Å². The van der Waals surface area contributed by atoms with Gasteiger partial charge in [-0.15, -0.1) is 11.3 Å². The molecule has 24 heavy (non-hydrogen) atoms. The van der Waals surface area contributed by atoms with Crippen molar-refractivity contribution in [2.45, 2.75) is 6.61 Å². The average molecular weight is 363 g/mol. The Hall–Kier alpha value is -2.44. The van der Waals surface area contributed by atoms with Crippen LogP contribution in [0.15, 0.2) is 53.4 Å². The molecule has 0 saturated heterocycles. The molecule has 0 atom stereocenters. The summed E-state index contributed by atoms with van der Waals surface area (Å²) in [4.78, 5) is 16.3. The normalized spacial score (nSPS) is 10.4. The number of aromatic nitrogens is 1. The first-order valence-electron chi connectivity index (χ1n) is 6.98. The van der Waals surface area contributed by atoms with Gasteiger partial charge in [0.05, 0.1) is 16.2 Å². The van der Waals surface area contributed by atoms with E-state index < -0.39 is 5.82 Å². The van der Waals surface area contributed by atoms with E-state index in [9.17, 15) is 9.18 Å². The van der Waals surface area contributed by atoms with Gasteiger partial charge in [-0.25, -0.2) is 9.37 Å². The highest BCUT2D eigenvalue weighted by Gasteiger charge is 2.08. The van der Waals surface area contributed by atoms with Crippen LogP contribution in [0.2, 0.25) is 5.02 Å². The predicted molar refractivity (Wildman–Crippen MR) is 92.3 cm³/mol. The van der Waals surface area contributed by atoms with E-state index in [1.807, 2.05) is 5.38 Å². The smallest absolute Gasteiger partial charge is 0.255 e. The average Bonchev–Trinajstić information content (AvgIpc) is 3.10. The molecule has 3 aromatic rings. The minimum atomic E-state index is -0.531. The monoisotopic (exact) mass is 362 g/mol. The second kappa shape index (κ2) is 7.42. The van der Waals surface area contributed by atoms with Crippen molar-refractivity contribution >= 4 is 34.5 Å². The van der Waals surface area contributed by atoms with E-state index in [2.05, 4.69) is 10.3 Å². The molecule has 0 saturated carbocycles. The zero-order valence-electron chi connectivity index (χ0n) is 12.3. The molecule has 0 aliphatic heterocycles. The maximum Gasteiger partial charge on any atom is 0.255 e. The van der Waals surface area contributed by atoms with E-state index in [4.69, 9.17) is 16.3 Å². The summed E-state index contributed by atoms with van der Waals surface area (Å²) in [6, 6.07) is 10.7. The summed E-state index contributed by atoms with van der Waals surface area (Å²) < 4.78 is 18.7. The molecule has 7 heteroatoms. The molecule has 0 unspecified atom stereocenters. The van der Waals surface area contributed by atoms with Crippen LogP contribution in [0, 0.1) is 5.82 Å². The van der Waals surface area contributed by atoms with Crippen molar-refractivity contribution in [3.05, 3.63) is 75.5 Å². The van der Waals surface area contributed by atoms with Crippen molar-refractivity contribution in [2.75, 3.05) is 5.32 Å². The number of rotatable bonds is 5. The third kappa shape index (κ3) is 4.10. The zero-order chi connectivity index (χ0) is 16.9. The van der Waals surface area contributed by atoms with Gasteiger partial charge in [-0.3, -0.25) is 4.79 Å². The number of hydrogen-bond acceptors (Lipinski definition) is 4. The van der Waals surface area contributed by atoms with Crippen LogP contribution in [0.3, 0.4) is 0 Å². The summed E-state index contributed by atoms with van der Waals surface area (Å²) in [5, 5.41) is 4.53. The van der Waals surface area contributed by atoms with Gasteiger partial charge in [0.25, 0.3) is 5.91 Å². The van der Waals surface area contributed by atoms with Crippen LogP contribution < -0.4 is 10.1 Å². The molecule has 2 aromatic carbocycles. The molecular formula is C17H12ClFN2O2S. The summed E-state index contributed by atoms with van der Waals surface area (Å²) >= 11 is 7.20. The lowest BCUT2D eigenvalue weighted by Crippen LogP contribution is -2.11. The lowest BCUT2D eigenvalue weighted by atomic mass is 10.2. The maximum absolute atomic E-state index is 13.1. The molecule has 1 heterocycles. The van der Waals surface area contributed by atoms with E-state index in [1.54, 1.807) is 29.8 Å². The molecule has 3 rings (SSSR count). The number of halogens is 2. The van der Waals surface area contributed by atoms with Crippen molar-refractivity contribution < 1.29 is 13.9 Å². The Morgan fingerprint density at radius 2 is 2.04 bits per heavy atom. The fourth-order valence-corrected chi connectivity index (χ4v) is 2.67. The van der Waals surface area contributed by atoms with Crippen LogP contribution in [-0.4, -0.2) is 10.9 Å². The standard InChI is InChI=1S/C17H12ClFN2O2S/c18-15-7-12(3-6-16(15)19)21-17(22)11-1-4-14(5-2-11)23-8-13-9-24-10-20-13/h1-7,9-10H,8H2,(H,21,22). The van der Waals surface area contributed by atoms with E-state index in [0.29, 0.717) is 23.6 Å². The highest BCUT2D eigenvalue weighted by Crippen LogP contribution is 2.20. The number of anilines is 1. The lowest BCUT2D eigenvalue weighted by molar-refractivity contribution is 0.102. The van der Waals surface area contributed by atoms with E-state index in [-0.39, 0.29) is 10.9 Å². The molecule has 1 aromatic heterocycles. The SMILES string of the molecule is O=C(Nc1ccc(F)c(Cl)c1)c1ccc(OCc2cscn2)cc1. The van der Waals surface area contributed by atoms with Crippen LogP contribution in [0.4, 0.5) is 10.1 Å². The minimum Gasteiger partial charge on any atom is -0.487 e. The van der Waals surface area contributed by atoms with Gasteiger partial charge in [0.2, 0.25) is 0 Å². The van der Waals surface area contributed by atoms with Gasteiger partial charge >= 0.3 is 0 Å². The Morgan fingerprint density at radius 1 is 1.25 bits per heavy atom. The summed E-state index contributed by atoms with van der Waals surface area (Å²) in [5.41, 5.74) is 3.48. The van der Waals surface area contributed by atoms with Gasteiger partial charge < -0.3 is 10.1 Å². The second-order valence-electron chi connectivity index (χ2n) is 4.88. The van der Waals surface area contributed by atoms with Gasteiger partial charge in [0.15, 0.2) is 0 Å². The van der Waals surface area contributed by atoms with Gasteiger partial charge in [0.1, 0.15) is 18.2 Å². The van der Waals surface area contributed by atoms with Crippen LogP contribution in [0.25, 0.3) is 0 Å². The summed E-state index contributed by atoms with van der Waals surface area (Å²) in [5.74, 6) is -0.204. The van der Waals surface area contributed by atoms with Crippen molar-refractivity contribution in [1.29, 1.82) is 0 Å². The third-order valence-corrected chi connectivity index (χ3v) is 4.09. The number of hydrogen-bond donors (Lipinski definition) is 1. The molecule has 0 bridgehead atoms. The van der Waals surface area contributed by atoms with Gasteiger partial charge in [0, 0.05) is 16.6 Å². The number of nitrogens with one attached hydrogen (secondary N) is 1. The summed E-state index contributed by atoms with van der Waals surface area (Å²) in [6.07, 6.45) is 0.